The monoisotopic (exact) mass is 407 g/mol. The molecule has 6 heteroatoms. The lowest BCUT2D eigenvalue weighted by Gasteiger charge is -2.09. The molecule has 0 radical (unpaired) electrons. The van der Waals surface area contributed by atoms with Crippen molar-refractivity contribution in [3.63, 3.8) is 0 Å². The molecule has 1 amide bonds. The Labute approximate surface area is 174 Å². The van der Waals surface area contributed by atoms with Gasteiger partial charge in [-0.05, 0) is 74.8 Å². The van der Waals surface area contributed by atoms with Gasteiger partial charge in [-0.1, -0.05) is 6.07 Å². The summed E-state index contributed by atoms with van der Waals surface area (Å²) in [6.45, 7) is 4.93. The number of rotatable bonds is 6. The smallest absolute Gasteiger partial charge is 0.261 e. The molecule has 2 aliphatic rings. The van der Waals surface area contributed by atoms with Crippen LogP contribution >= 0.6 is 11.3 Å². The minimum Gasteiger partial charge on any atom is -0.492 e. The van der Waals surface area contributed by atoms with Gasteiger partial charge in [0.25, 0.3) is 5.91 Å². The van der Waals surface area contributed by atoms with Crippen LogP contribution in [0.4, 0.5) is 0 Å². The molecule has 150 valence electrons. The summed E-state index contributed by atoms with van der Waals surface area (Å²) in [5.41, 5.74) is 4.79. The highest BCUT2D eigenvalue weighted by atomic mass is 32.1. The highest BCUT2D eigenvalue weighted by Crippen LogP contribution is 2.40. The van der Waals surface area contributed by atoms with Crippen molar-refractivity contribution in [3.8, 4) is 5.75 Å². The largest absolute Gasteiger partial charge is 0.492 e. The third-order valence-electron chi connectivity index (χ3n) is 5.86. The van der Waals surface area contributed by atoms with E-state index in [9.17, 15) is 4.79 Å². The predicted octanol–water partition coefficient (Wildman–Crippen LogP) is 4.48. The minimum atomic E-state index is -0.0598. The van der Waals surface area contributed by atoms with Crippen molar-refractivity contribution in [2.75, 3.05) is 13.2 Å². The molecule has 29 heavy (non-hydrogen) atoms. The number of thiophene rings is 1. The SMILES string of the molecule is Cc1nc(C2CC2)nc2sc(C(=O)NCCOc3ccc4c(c3)CCC4)c(C)c12. The summed E-state index contributed by atoms with van der Waals surface area (Å²) in [6.07, 6.45) is 5.89. The molecule has 3 aromatic rings. The lowest BCUT2D eigenvalue weighted by molar-refractivity contribution is 0.0950. The van der Waals surface area contributed by atoms with Gasteiger partial charge in [0.1, 0.15) is 23.0 Å². The van der Waals surface area contributed by atoms with Gasteiger partial charge in [0.15, 0.2) is 0 Å². The van der Waals surface area contributed by atoms with Crippen LogP contribution in [0.15, 0.2) is 18.2 Å². The number of aromatic nitrogens is 2. The van der Waals surface area contributed by atoms with Crippen LogP contribution in [0.2, 0.25) is 0 Å². The molecule has 2 heterocycles. The van der Waals surface area contributed by atoms with Gasteiger partial charge in [-0.15, -0.1) is 11.3 Å². The second kappa shape index (κ2) is 7.41. The van der Waals surface area contributed by atoms with Crippen LogP contribution in [0, 0.1) is 13.8 Å². The fourth-order valence-electron chi connectivity index (χ4n) is 4.15. The molecule has 2 aromatic heterocycles. The topological polar surface area (TPSA) is 64.1 Å². The van der Waals surface area contributed by atoms with Crippen molar-refractivity contribution in [2.24, 2.45) is 0 Å². The van der Waals surface area contributed by atoms with Crippen LogP contribution in [-0.4, -0.2) is 29.0 Å². The quantitative estimate of drug-likeness (QED) is 0.612. The first-order valence-electron chi connectivity index (χ1n) is 10.4. The van der Waals surface area contributed by atoms with Crippen LogP contribution in [0.3, 0.4) is 0 Å². The molecule has 5 rings (SSSR count). The number of nitrogens with one attached hydrogen (secondary N) is 1. The van der Waals surface area contributed by atoms with E-state index in [4.69, 9.17) is 9.72 Å². The number of nitrogens with zero attached hydrogens (tertiary/aromatic N) is 2. The van der Waals surface area contributed by atoms with E-state index < -0.39 is 0 Å². The summed E-state index contributed by atoms with van der Waals surface area (Å²) < 4.78 is 5.84. The Bertz CT molecular complexity index is 1100. The Hall–Kier alpha value is -2.47. The zero-order chi connectivity index (χ0) is 20.0. The van der Waals surface area contributed by atoms with Crippen molar-refractivity contribution in [3.05, 3.63) is 51.3 Å². The van der Waals surface area contributed by atoms with Crippen LogP contribution in [0.5, 0.6) is 5.75 Å². The van der Waals surface area contributed by atoms with Gasteiger partial charge in [-0.2, -0.15) is 0 Å². The first kappa shape index (κ1) is 18.6. The maximum Gasteiger partial charge on any atom is 0.261 e. The fraction of sp³-hybridized carbons (Fsp3) is 0.435. The maximum absolute atomic E-state index is 12.7. The van der Waals surface area contributed by atoms with E-state index in [1.807, 2.05) is 19.9 Å². The molecule has 5 nitrogen and oxygen atoms in total. The molecule has 1 aromatic carbocycles. The first-order chi connectivity index (χ1) is 14.1. The molecule has 2 aliphatic carbocycles. The Balaban J connectivity index is 1.23. The summed E-state index contributed by atoms with van der Waals surface area (Å²) >= 11 is 1.47. The predicted molar refractivity (Wildman–Crippen MR) is 115 cm³/mol. The highest BCUT2D eigenvalue weighted by molar-refractivity contribution is 7.20. The number of benzene rings is 1. The number of carbonyl (C=O) groups is 1. The fourth-order valence-corrected chi connectivity index (χ4v) is 5.31. The number of fused-ring (bicyclic) bond motifs is 2. The van der Waals surface area contributed by atoms with Gasteiger partial charge in [0.2, 0.25) is 0 Å². The normalized spacial score (nSPS) is 15.5. The Kier molecular flexibility index (Phi) is 4.74. The lowest BCUT2D eigenvalue weighted by atomic mass is 10.1. The van der Waals surface area contributed by atoms with Gasteiger partial charge < -0.3 is 10.1 Å². The van der Waals surface area contributed by atoms with Crippen molar-refractivity contribution in [1.82, 2.24) is 15.3 Å². The molecule has 1 N–H and O–H groups in total. The maximum atomic E-state index is 12.7. The van der Waals surface area contributed by atoms with Crippen molar-refractivity contribution < 1.29 is 9.53 Å². The van der Waals surface area contributed by atoms with E-state index in [2.05, 4.69) is 22.4 Å². The van der Waals surface area contributed by atoms with Crippen LogP contribution in [0.25, 0.3) is 10.2 Å². The molecule has 0 saturated heterocycles. The first-order valence-corrected chi connectivity index (χ1v) is 11.2. The Morgan fingerprint density at radius 2 is 2.03 bits per heavy atom. The van der Waals surface area contributed by atoms with E-state index >= 15 is 0 Å². The van der Waals surface area contributed by atoms with Crippen molar-refractivity contribution >= 4 is 27.5 Å². The second-order valence-electron chi connectivity index (χ2n) is 8.07. The van der Waals surface area contributed by atoms with Crippen LogP contribution < -0.4 is 10.1 Å². The van der Waals surface area contributed by atoms with E-state index in [-0.39, 0.29) is 5.91 Å². The van der Waals surface area contributed by atoms with E-state index in [0.717, 1.165) is 44.3 Å². The van der Waals surface area contributed by atoms with Crippen LogP contribution in [-0.2, 0) is 12.8 Å². The van der Waals surface area contributed by atoms with Gasteiger partial charge in [-0.25, -0.2) is 9.97 Å². The Morgan fingerprint density at radius 3 is 2.86 bits per heavy atom. The number of amides is 1. The second-order valence-corrected chi connectivity index (χ2v) is 9.07. The number of carbonyl (C=O) groups excluding carboxylic acids is 1. The summed E-state index contributed by atoms with van der Waals surface area (Å²) in [4.78, 5) is 23.8. The average Bonchev–Trinajstić information content (AvgIpc) is 3.36. The van der Waals surface area contributed by atoms with Gasteiger partial charge in [0, 0.05) is 11.3 Å². The van der Waals surface area contributed by atoms with Gasteiger partial charge in [0.05, 0.1) is 17.1 Å². The lowest BCUT2D eigenvalue weighted by Crippen LogP contribution is -2.27. The van der Waals surface area contributed by atoms with Crippen molar-refractivity contribution in [2.45, 2.75) is 51.9 Å². The third kappa shape index (κ3) is 3.62. The van der Waals surface area contributed by atoms with Crippen LogP contribution in [0.1, 0.15) is 63.1 Å². The number of ether oxygens (including phenoxy) is 1. The summed E-state index contributed by atoms with van der Waals surface area (Å²) in [6, 6.07) is 6.33. The minimum absolute atomic E-state index is 0.0598. The van der Waals surface area contributed by atoms with Gasteiger partial charge >= 0.3 is 0 Å². The highest BCUT2D eigenvalue weighted by Gasteiger charge is 2.28. The standard InChI is InChI=1S/C23H25N3O2S/c1-13-19-14(2)25-21(16-6-7-16)26-23(19)29-20(13)22(27)24-10-11-28-18-9-8-15-4-3-5-17(15)12-18/h8-9,12,16H,3-7,10-11H2,1-2H3,(H,24,27). The molecular formula is C23H25N3O2S. The summed E-state index contributed by atoms with van der Waals surface area (Å²) in [7, 11) is 0. The number of aryl methyl sites for hydroxylation is 4. The number of hydrogen-bond acceptors (Lipinski definition) is 5. The van der Waals surface area contributed by atoms with Crippen molar-refractivity contribution in [1.29, 1.82) is 0 Å². The zero-order valence-corrected chi connectivity index (χ0v) is 17.7. The Morgan fingerprint density at radius 1 is 1.21 bits per heavy atom. The van der Waals surface area contributed by atoms with E-state index in [0.29, 0.717) is 19.1 Å². The molecule has 0 spiro atoms. The molecule has 0 aliphatic heterocycles. The molecule has 0 bridgehead atoms. The third-order valence-corrected chi connectivity index (χ3v) is 7.05. The van der Waals surface area contributed by atoms with E-state index in [1.165, 1.54) is 48.1 Å². The summed E-state index contributed by atoms with van der Waals surface area (Å²) in [5, 5.41) is 4.02. The zero-order valence-electron chi connectivity index (χ0n) is 16.9. The average molecular weight is 408 g/mol. The molecule has 0 unspecified atom stereocenters. The van der Waals surface area contributed by atoms with Gasteiger partial charge in [-0.3, -0.25) is 4.79 Å². The van der Waals surface area contributed by atoms with E-state index in [1.54, 1.807) is 0 Å². The molecule has 1 fully saturated rings. The number of hydrogen-bond donors (Lipinski definition) is 1. The molecule has 1 saturated carbocycles. The summed E-state index contributed by atoms with van der Waals surface area (Å²) in [5.74, 6) is 2.27. The molecule has 0 atom stereocenters. The molecular weight excluding hydrogens is 382 g/mol.